The van der Waals surface area contributed by atoms with E-state index in [1.165, 1.54) is 0 Å². The zero-order valence-electron chi connectivity index (χ0n) is 11.3. The second-order valence-electron chi connectivity index (χ2n) is 4.94. The van der Waals surface area contributed by atoms with Crippen molar-refractivity contribution < 1.29 is 13.0 Å². The first kappa shape index (κ1) is 13.8. The first-order valence-electron chi connectivity index (χ1n) is 6.53. The lowest BCUT2D eigenvalue weighted by Gasteiger charge is -2.10. The van der Waals surface area contributed by atoms with Crippen molar-refractivity contribution in [1.29, 1.82) is 0 Å². The van der Waals surface area contributed by atoms with E-state index < -0.39 is 10.1 Å². The molecule has 3 aromatic rings. The SMILES string of the molecule is C=CCc1ccc2cc3ccccc3cc2c1S(=O)(=O)O. The van der Waals surface area contributed by atoms with Gasteiger partial charge in [-0.15, -0.1) is 6.58 Å². The van der Waals surface area contributed by atoms with Crippen LogP contribution in [0.4, 0.5) is 0 Å². The number of allylic oxidation sites excluding steroid dienone is 1. The van der Waals surface area contributed by atoms with E-state index in [4.69, 9.17) is 0 Å². The van der Waals surface area contributed by atoms with Gasteiger partial charge in [-0.2, -0.15) is 8.42 Å². The average molecular weight is 298 g/mol. The van der Waals surface area contributed by atoms with Crippen LogP contribution in [0.25, 0.3) is 21.5 Å². The summed E-state index contributed by atoms with van der Waals surface area (Å²) in [6.07, 6.45) is 2.01. The second kappa shape index (κ2) is 4.98. The molecule has 0 atom stereocenters. The molecule has 0 unspecified atom stereocenters. The maximum absolute atomic E-state index is 11.8. The Kier molecular flexibility index (Phi) is 3.27. The number of hydrogen-bond donors (Lipinski definition) is 1. The van der Waals surface area contributed by atoms with Gasteiger partial charge in [0.2, 0.25) is 0 Å². The summed E-state index contributed by atoms with van der Waals surface area (Å²) < 4.78 is 33.2. The normalized spacial score (nSPS) is 11.9. The highest BCUT2D eigenvalue weighted by Gasteiger charge is 2.19. The highest BCUT2D eigenvalue weighted by molar-refractivity contribution is 7.86. The quantitative estimate of drug-likeness (QED) is 0.452. The minimum atomic E-state index is -4.30. The van der Waals surface area contributed by atoms with E-state index in [1.807, 2.05) is 36.4 Å². The molecule has 3 nitrogen and oxygen atoms in total. The third kappa shape index (κ3) is 2.44. The number of hydrogen-bond acceptors (Lipinski definition) is 2. The van der Waals surface area contributed by atoms with Gasteiger partial charge in [0.05, 0.1) is 0 Å². The molecule has 0 heterocycles. The highest BCUT2D eigenvalue weighted by Crippen LogP contribution is 2.31. The molecule has 0 amide bonds. The van der Waals surface area contributed by atoms with Gasteiger partial charge in [-0.05, 0) is 40.3 Å². The minimum Gasteiger partial charge on any atom is -0.282 e. The van der Waals surface area contributed by atoms with Crippen molar-refractivity contribution in [1.82, 2.24) is 0 Å². The van der Waals surface area contributed by atoms with E-state index in [0.717, 1.165) is 16.2 Å². The first-order chi connectivity index (χ1) is 10.0. The standard InChI is InChI=1S/C17H14O3S/c1-2-5-12-8-9-15-10-13-6-3-4-7-14(13)11-16(15)17(12)21(18,19)20/h2-4,6-11H,1,5H2,(H,18,19,20). The largest absolute Gasteiger partial charge is 0.295 e. The Morgan fingerprint density at radius 2 is 1.67 bits per heavy atom. The molecule has 0 spiro atoms. The van der Waals surface area contributed by atoms with Gasteiger partial charge >= 0.3 is 0 Å². The van der Waals surface area contributed by atoms with E-state index in [2.05, 4.69) is 6.58 Å². The molecule has 4 heteroatoms. The maximum Gasteiger partial charge on any atom is 0.295 e. The highest BCUT2D eigenvalue weighted by atomic mass is 32.2. The fourth-order valence-electron chi connectivity index (χ4n) is 2.65. The van der Waals surface area contributed by atoms with Crippen LogP contribution in [0.2, 0.25) is 0 Å². The molecule has 0 bridgehead atoms. The number of rotatable bonds is 3. The monoisotopic (exact) mass is 298 g/mol. The summed E-state index contributed by atoms with van der Waals surface area (Å²) in [6, 6.07) is 15.1. The molecule has 106 valence electrons. The van der Waals surface area contributed by atoms with E-state index in [-0.39, 0.29) is 4.90 Å². The van der Waals surface area contributed by atoms with Crippen molar-refractivity contribution in [3.8, 4) is 0 Å². The van der Waals surface area contributed by atoms with Crippen LogP contribution < -0.4 is 0 Å². The van der Waals surface area contributed by atoms with Crippen LogP contribution in [0, 0.1) is 0 Å². The summed E-state index contributed by atoms with van der Waals surface area (Å²) in [5, 5.41) is 3.29. The minimum absolute atomic E-state index is 0.0225. The van der Waals surface area contributed by atoms with Crippen LogP contribution in [0.3, 0.4) is 0 Å². The van der Waals surface area contributed by atoms with Crippen molar-refractivity contribution in [2.75, 3.05) is 0 Å². The molecular weight excluding hydrogens is 284 g/mol. The Hall–Kier alpha value is -2.17. The molecule has 0 aliphatic heterocycles. The van der Waals surface area contributed by atoms with Crippen molar-refractivity contribution >= 4 is 31.7 Å². The van der Waals surface area contributed by atoms with Gasteiger partial charge in [0, 0.05) is 5.39 Å². The molecule has 0 radical (unpaired) electrons. The van der Waals surface area contributed by atoms with Crippen LogP contribution >= 0.6 is 0 Å². The van der Waals surface area contributed by atoms with Gasteiger partial charge in [-0.3, -0.25) is 4.55 Å². The summed E-state index contributed by atoms with van der Waals surface area (Å²) in [7, 11) is -4.30. The van der Waals surface area contributed by atoms with Crippen LogP contribution in [0.5, 0.6) is 0 Å². The third-order valence-electron chi connectivity index (χ3n) is 3.54. The second-order valence-corrected chi connectivity index (χ2v) is 6.30. The Morgan fingerprint density at radius 1 is 1.00 bits per heavy atom. The molecule has 0 saturated heterocycles. The summed E-state index contributed by atoms with van der Waals surface area (Å²) >= 11 is 0. The van der Waals surface area contributed by atoms with Crippen molar-refractivity contribution in [3.05, 3.63) is 66.7 Å². The lowest BCUT2D eigenvalue weighted by Crippen LogP contribution is -2.04. The van der Waals surface area contributed by atoms with Gasteiger partial charge in [-0.25, -0.2) is 0 Å². The van der Waals surface area contributed by atoms with Crippen molar-refractivity contribution in [2.45, 2.75) is 11.3 Å². The van der Waals surface area contributed by atoms with Gasteiger partial charge in [0.1, 0.15) is 4.90 Å². The van der Waals surface area contributed by atoms with E-state index in [0.29, 0.717) is 17.4 Å². The molecular formula is C17H14O3S. The predicted octanol–water partition coefficient (Wildman–Crippen LogP) is 3.97. The number of fused-ring (bicyclic) bond motifs is 2. The van der Waals surface area contributed by atoms with Crippen molar-refractivity contribution in [3.63, 3.8) is 0 Å². The summed E-state index contributed by atoms with van der Waals surface area (Å²) in [5.41, 5.74) is 0.551. The van der Waals surface area contributed by atoms with E-state index in [9.17, 15) is 13.0 Å². The Morgan fingerprint density at radius 3 is 2.29 bits per heavy atom. The number of benzene rings is 3. The molecule has 1 N–H and O–H groups in total. The van der Waals surface area contributed by atoms with Crippen LogP contribution in [0.1, 0.15) is 5.56 Å². The lowest BCUT2D eigenvalue weighted by molar-refractivity contribution is 0.483. The van der Waals surface area contributed by atoms with Gasteiger partial charge in [0.15, 0.2) is 0 Å². The van der Waals surface area contributed by atoms with Gasteiger partial charge in [-0.1, -0.05) is 42.5 Å². The molecule has 0 aliphatic carbocycles. The Labute approximate surface area is 123 Å². The first-order valence-corrected chi connectivity index (χ1v) is 7.97. The Bertz CT molecular complexity index is 956. The fraction of sp³-hybridized carbons (Fsp3) is 0.0588. The van der Waals surface area contributed by atoms with Crippen molar-refractivity contribution in [2.24, 2.45) is 0 Å². The zero-order chi connectivity index (χ0) is 15.0. The summed E-state index contributed by atoms with van der Waals surface area (Å²) in [4.78, 5) is -0.0225. The molecule has 3 rings (SSSR count). The van der Waals surface area contributed by atoms with Crippen LogP contribution in [-0.2, 0) is 16.5 Å². The topological polar surface area (TPSA) is 54.4 Å². The van der Waals surface area contributed by atoms with E-state index in [1.54, 1.807) is 18.2 Å². The molecule has 3 aromatic carbocycles. The summed E-state index contributed by atoms with van der Waals surface area (Å²) in [5.74, 6) is 0. The van der Waals surface area contributed by atoms with E-state index >= 15 is 0 Å². The molecule has 0 aromatic heterocycles. The van der Waals surface area contributed by atoms with Gasteiger partial charge < -0.3 is 0 Å². The fourth-order valence-corrected chi connectivity index (χ4v) is 3.59. The molecule has 0 fully saturated rings. The third-order valence-corrected chi connectivity index (χ3v) is 4.54. The molecule has 0 saturated carbocycles. The lowest BCUT2D eigenvalue weighted by atomic mass is 10.0. The summed E-state index contributed by atoms with van der Waals surface area (Å²) in [6.45, 7) is 3.63. The Balaban J connectivity index is 2.49. The molecule has 21 heavy (non-hydrogen) atoms. The zero-order valence-corrected chi connectivity index (χ0v) is 12.1. The van der Waals surface area contributed by atoms with Crippen LogP contribution in [0.15, 0.2) is 66.1 Å². The van der Waals surface area contributed by atoms with Gasteiger partial charge in [0.25, 0.3) is 10.1 Å². The average Bonchev–Trinajstić information content (AvgIpc) is 2.44. The smallest absolute Gasteiger partial charge is 0.282 e. The van der Waals surface area contributed by atoms with Crippen LogP contribution in [-0.4, -0.2) is 13.0 Å². The molecule has 0 aliphatic rings. The predicted molar refractivity (Wildman–Crippen MR) is 85.2 cm³/mol. The maximum atomic E-state index is 11.8.